The average Bonchev–Trinajstić information content (AvgIpc) is 2.63. The first-order valence-corrected chi connectivity index (χ1v) is 8.20. The summed E-state index contributed by atoms with van der Waals surface area (Å²) < 4.78 is 11.2. The Bertz CT molecular complexity index is 619. The molecule has 1 rings (SSSR count). The van der Waals surface area contributed by atoms with E-state index in [1.165, 1.54) is 0 Å². The molecular formula is C20H27NO6. The van der Waals surface area contributed by atoms with Gasteiger partial charge in [0, 0.05) is 19.6 Å². The van der Waals surface area contributed by atoms with E-state index in [9.17, 15) is 0 Å². The fraction of sp³-hybridized carbons (Fsp3) is 0.300. The maximum atomic E-state index is 9.10. The van der Waals surface area contributed by atoms with E-state index < -0.39 is 11.9 Å². The van der Waals surface area contributed by atoms with Gasteiger partial charge in [-0.05, 0) is 24.1 Å². The number of aliphatic carboxylic acids is 2. The van der Waals surface area contributed by atoms with Gasteiger partial charge in [0.25, 0.3) is 0 Å². The van der Waals surface area contributed by atoms with Gasteiger partial charge < -0.3 is 19.7 Å². The maximum Gasteiger partial charge on any atom is 0.414 e. The highest BCUT2D eigenvalue weighted by molar-refractivity contribution is 6.27. The van der Waals surface area contributed by atoms with E-state index in [-0.39, 0.29) is 0 Å². The Kier molecular flexibility index (Phi) is 12.5. The molecule has 0 atom stereocenters. The number of hydrogen-bond donors (Lipinski definition) is 2. The van der Waals surface area contributed by atoms with Gasteiger partial charge in [-0.2, -0.15) is 0 Å². The minimum absolute atomic E-state index is 0.596. The summed E-state index contributed by atoms with van der Waals surface area (Å²) in [6, 6.07) is 5.97. The number of methoxy groups -OCH3 is 1. The molecule has 0 spiro atoms. The van der Waals surface area contributed by atoms with Gasteiger partial charge in [0.2, 0.25) is 0 Å². The molecule has 0 aliphatic carbocycles. The van der Waals surface area contributed by atoms with Crippen molar-refractivity contribution < 1.29 is 29.3 Å². The SMILES string of the molecule is C=CCc1ccc(OCCN(CC=C)CC=C)c(OC)c1.O=C(O)C(=O)O. The van der Waals surface area contributed by atoms with Crippen molar-refractivity contribution in [1.29, 1.82) is 0 Å². The van der Waals surface area contributed by atoms with Gasteiger partial charge >= 0.3 is 11.9 Å². The number of hydrogen-bond acceptors (Lipinski definition) is 5. The highest BCUT2D eigenvalue weighted by Crippen LogP contribution is 2.28. The number of benzene rings is 1. The van der Waals surface area contributed by atoms with Crippen molar-refractivity contribution in [2.75, 3.05) is 33.4 Å². The monoisotopic (exact) mass is 377 g/mol. The summed E-state index contributed by atoms with van der Waals surface area (Å²) in [5, 5.41) is 14.8. The zero-order valence-electron chi connectivity index (χ0n) is 15.6. The number of carbonyl (C=O) groups is 2. The van der Waals surface area contributed by atoms with Crippen molar-refractivity contribution >= 4 is 11.9 Å². The lowest BCUT2D eigenvalue weighted by Gasteiger charge is -2.19. The van der Waals surface area contributed by atoms with E-state index in [4.69, 9.17) is 29.3 Å². The van der Waals surface area contributed by atoms with Crippen LogP contribution >= 0.6 is 0 Å². The van der Waals surface area contributed by atoms with Crippen LogP contribution in [-0.4, -0.2) is 60.4 Å². The number of rotatable bonds is 11. The van der Waals surface area contributed by atoms with E-state index in [1.807, 2.05) is 36.4 Å². The number of carboxylic acids is 2. The number of allylic oxidation sites excluding steroid dienone is 1. The fourth-order valence-corrected chi connectivity index (χ4v) is 2.03. The molecule has 0 radical (unpaired) electrons. The highest BCUT2D eigenvalue weighted by Gasteiger charge is 2.07. The molecule has 0 fully saturated rings. The highest BCUT2D eigenvalue weighted by atomic mass is 16.5. The average molecular weight is 377 g/mol. The molecule has 0 unspecified atom stereocenters. The summed E-state index contributed by atoms with van der Waals surface area (Å²) in [6.45, 7) is 14.3. The summed E-state index contributed by atoms with van der Waals surface area (Å²) in [4.78, 5) is 20.4. The molecule has 2 N–H and O–H groups in total. The van der Waals surface area contributed by atoms with E-state index in [1.54, 1.807) is 7.11 Å². The number of carboxylic acid groups (broad SMARTS) is 2. The molecule has 1 aromatic carbocycles. The lowest BCUT2D eigenvalue weighted by Crippen LogP contribution is -2.28. The molecule has 0 aliphatic rings. The largest absolute Gasteiger partial charge is 0.493 e. The van der Waals surface area contributed by atoms with Crippen molar-refractivity contribution in [1.82, 2.24) is 4.90 Å². The molecule has 7 nitrogen and oxygen atoms in total. The number of nitrogens with zero attached hydrogens (tertiary/aromatic N) is 1. The predicted molar refractivity (Wildman–Crippen MR) is 104 cm³/mol. The van der Waals surface area contributed by atoms with Crippen molar-refractivity contribution in [3.8, 4) is 11.5 Å². The first kappa shape index (κ1) is 23.9. The molecular weight excluding hydrogens is 350 g/mol. The third-order valence-corrected chi connectivity index (χ3v) is 3.23. The van der Waals surface area contributed by atoms with E-state index in [2.05, 4.69) is 24.6 Å². The second-order valence-corrected chi connectivity index (χ2v) is 5.27. The summed E-state index contributed by atoms with van der Waals surface area (Å²) >= 11 is 0. The molecule has 27 heavy (non-hydrogen) atoms. The molecule has 148 valence electrons. The van der Waals surface area contributed by atoms with Crippen molar-refractivity contribution in [3.05, 3.63) is 61.7 Å². The lowest BCUT2D eigenvalue weighted by molar-refractivity contribution is -0.159. The molecule has 0 amide bonds. The van der Waals surface area contributed by atoms with Crippen LogP contribution in [0, 0.1) is 0 Å². The fourth-order valence-electron chi connectivity index (χ4n) is 2.03. The predicted octanol–water partition coefficient (Wildman–Crippen LogP) is 2.63. The van der Waals surface area contributed by atoms with Crippen LogP contribution in [0.4, 0.5) is 0 Å². The zero-order chi connectivity index (χ0) is 20.7. The van der Waals surface area contributed by atoms with E-state index in [0.717, 1.165) is 43.1 Å². The van der Waals surface area contributed by atoms with Gasteiger partial charge in [-0.25, -0.2) is 9.59 Å². The first-order valence-electron chi connectivity index (χ1n) is 8.20. The molecule has 0 saturated carbocycles. The van der Waals surface area contributed by atoms with Gasteiger partial charge in [-0.1, -0.05) is 24.3 Å². The Morgan fingerprint density at radius 3 is 2.07 bits per heavy atom. The standard InChI is InChI=1S/C18H25NO2.C2H2O4/c1-5-8-16-9-10-17(18(15-16)20-4)21-14-13-19(11-6-2)12-7-3;3-1(4)2(5)6/h5-7,9-10,15H,1-3,8,11-14H2,4H3;(H,3,4)(H,5,6). The summed E-state index contributed by atoms with van der Waals surface area (Å²) in [5.41, 5.74) is 1.16. The van der Waals surface area contributed by atoms with Crippen molar-refractivity contribution in [3.63, 3.8) is 0 Å². The van der Waals surface area contributed by atoms with Crippen LogP contribution in [0.1, 0.15) is 5.56 Å². The third kappa shape index (κ3) is 10.5. The molecule has 0 aromatic heterocycles. The smallest absolute Gasteiger partial charge is 0.414 e. The second kappa shape index (κ2) is 14.1. The summed E-state index contributed by atoms with van der Waals surface area (Å²) in [6.07, 6.45) is 6.46. The van der Waals surface area contributed by atoms with E-state index in [0.29, 0.717) is 6.61 Å². The van der Waals surface area contributed by atoms with E-state index >= 15 is 0 Å². The Hall–Kier alpha value is -3.06. The first-order chi connectivity index (χ1) is 12.9. The van der Waals surface area contributed by atoms with Gasteiger partial charge in [0.1, 0.15) is 6.61 Å². The quantitative estimate of drug-likeness (QED) is 0.452. The second-order valence-electron chi connectivity index (χ2n) is 5.27. The zero-order valence-corrected chi connectivity index (χ0v) is 15.6. The Labute approximate surface area is 159 Å². The number of ether oxygens (including phenoxy) is 2. The summed E-state index contributed by atoms with van der Waals surface area (Å²) in [7, 11) is 1.65. The van der Waals surface area contributed by atoms with Crippen LogP contribution in [-0.2, 0) is 16.0 Å². The van der Waals surface area contributed by atoms with Gasteiger partial charge in [-0.15, -0.1) is 19.7 Å². The third-order valence-electron chi connectivity index (χ3n) is 3.23. The van der Waals surface area contributed by atoms with Crippen LogP contribution in [0.25, 0.3) is 0 Å². The van der Waals surface area contributed by atoms with Crippen molar-refractivity contribution in [2.45, 2.75) is 6.42 Å². The van der Waals surface area contributed by atoms with Crippen LogP contribution in [0.5, 0.6) is 11.5 Å². The van der Waals surface area contributed by atoms with Crippen molar-refractivity contribution in [2.24, 2.45) is 0 Å². The normalized spacial score (nSPS) is 9.56. The minimum atomic E-state index is -1.82. The molecule has 0 saturated heterocycles. The topological polar surface area (TPSA) is 96.3 Å². The lowest BCUT2D eigenvalue weighted by atomic mass is 10.1. The Morgan fingerprint density at radius 2 is 1.63 bits per heavy atom. The van der Waals surface area contributed by atoms with Gasteiger partial charge in [0.05, 0.1) is 7.11 Å². The van der Waals surface area contributed by atoms with Crippen LogP contribution in [0.15, 0.2) is 56.2 Å². The summed E-state index contributed by atoms with van der Waals surface area (Å²) in [5.74, 6) is -2.12. The maximum absolute atomic E-state index is 9.10. The minimum Gasteiger partial charge on any atom is -0.493 e. The van der Waals surface area contributed by atoms with Crippen LogP contribution in [0.2, 0.25) is 0 Å². The van der Waals surface area contributed by atoms with Gasteiger partial charge in [-0.3, -0.25) is 4.90 Å². The Morgan fingerprint density at radius 1 is 1.04 bits per heavy atom. The Balaban J connectivity index is 0.000000972. The molecule has 0 bridgehead atoms. The van der Waals surface area contributed by atoms with Crippen LogP contribution in [0.3, 0.4) is 0 Å². The molecule has 0 heterocycles. The molecule has 0 aliphatic heterocycles. The van der Waals surface area contributed by atoms with Crippen LogP contribution < -0.4 is 9.47 Å². The molecule has 7 heteroatoms. The van der Waals surface area contributed by atoms with Gasteiger partial charge in [0.15, 0.2) is 11.5 Å². The molecule has 1 aromatic rings.